The van der Waals surface area contributed by atoms with E-state index in [-0.39, 0.29) is 24.5 Å². The quantitative estimate of drug-likeness (QED) is 0.225. The van der Waals surface area contributed by atoms with Crippen molar-refractivity contribution in [1.82, 2.24) is 0 Å². The van der Waals surface area contributed by atoms with Gasteiger partial charge in [0.2, 0.25) is 0 Å². The summed E-state index contributed by atoms with van der Waals surface area (Å²) in [4.78, 5) is 24.9. The van der Waals surface area contributed by atoms with E-state index in [0.29, 0.717) is 19.3 Å². The van der Waals surface area contributed by atoms with Crippen LogP contribution in [-0.4, -0.2) is 98.9 Å². The topological polar surface area (TPSA) is 131 Å². The van der Waals surface area contributed by atoms with Gasteiger partial charge in [0.1, 0.15) is 36.6 Å². The molecule has 0 aliphatic carbocycles. The van der Waals surface area contributed by atoms with E-state index in [2.05, 4.69) is 13.0 Å². The van der Waals surface area contributed by atoms with Crippen LogP contribution in [0.3, 0.4) is 0 Å². The summed E-state index contributed by atoms with van der Waals surface area (Å²) in [6, 6.07) is 0. The zero-order valence-corrected chi connectivity index (χ0v) is 27.6. The van der Waals surface area contributed by atoms with Gasteiger partial charge in [-0.3, -0.25) is 4.79 Å². The summed E-state index contributed by atoms with van der Waals surface area (Å²) in [5, 5.41) is 21.4. The van der Waals surface area contributed by atoms with E-state index < -0.39 is 55.2 Å². The van der Waals surface area contributed by atoms with Gasteiger partial charge in [0, 0.05) is 27.8 Å². The van der Waals surface area contributed by atoms with E-state index in [1.165, 1.54) is 14.2 Å². The van der Waals surface area contributed by atoms with Crippen LogP contribution in [0.2, 0.25) is 0 Å². The monoisotopic (exact) mass is 636 g/mol. The summed E-state index contributed by atoms with van der Waals surface area (Å²) in [6.07, 6.45) is 9.56. The van der Waals surface area contributed by atoms with Crippen molar-refractivity contribution in [3.63, 3.8) is 0 Å². The van der Waals surface area contributed by atoms with Crippen LogP contribution in [0.5, 0.6) is 0 Å². The summed E-state index contributed by atoms with van der Waals surface area (Å²) in [5.74, 6) is -0.320. The van der Waals surface area contributed by atoms with Gasteiger partial charge in [-0.1, -0.05) is 55.0 Å². The van der Waals surface area contributed by atoms with Crippen LogP contribution in [-0.2, 0) is 43.0 Å². The largest absolute Gasteiger partial charge is 0.458 e. The van der Waals surface area contributed by atoms with Crippen LogP contribution in [0, 0.1) is 5.92 Å². The predicted octanol–water partition coefficient (Wildman–Crippen LogP) is 4.24. The Hall–Kier alpha value is -2.19. The van der Waals surface area contributed by atoms with Crippen molar-refractivity contribution in [2.75, 3.05) is 21.3 Å². The van der Waals surface area contributed by atoms with E-state index in [4.69, 9.17) is 38.2 Å². The van der Waals surface area contributed by atoms with Gasteiger partial charge in [-0.2, -0.15) is 0 Å². The van der Waals surface area contributed by atoms with Crippen molar-refractivity contribution in [3.05, 3.63) is 59.8 Å². The molecule has 4 heterocycles. The van der Waals surface area contributed by atoms with Crippen LogP contribution in [0.25, 0.3) is 0 Å². The normalized spacial score (nSPS) is 37.7. The molecule has 1 fully saturated rings. The molecule has 11 nitrogen and oxygen atoms in total. The molecule has 4 aliphatic heterocycles. The summed E-state index contributed by atoms with van der Waals surface area (Å²) in [5.41, 5.74) is 2.09. The molecule has 0 radical (unpaired) electrons. The van der Waals surface area contributed by atoms with Crippen molar-refractivity contribution in [2.45, 2.75) is 121 Å². The third-order valence-electron chi connectivity index (χ3n) is 8.06. The highest BCUT2D eigenvalue weighted by atomic mass is 17.2. The average molecular weight is 637 g/mol. The van der Waals surface area contributed by atoms with Crippen molar-refractivity contribution in [1.29, 1.82) is 0 Å². The van der Waals surface area contributed by atoms with E-state index in [0.717, 1.165) is 17.6 Å². The summed E-state index contributed by atoms with van der Waals surface area (Å²) in [6.45, 7) is 8.08. The number of esters is 1. The molecule has 0 spiro atoms. The minimum Gasteiger partial charge on any atom is -0.458 e. The van der Waals surface area contributed by atoms with Gasteiger partial charge in [-0.15, -0.1) is 0 Å². The van der Waals surface area contributed by atoms with E-state index in [1.807, 2.05) is 57.2 Å². The fraction of sp³-hybridized carbons (Fsp3) is 0.676. The highest BCUT2D eigenvalue weighted by molar-refractivity contribution is 5.70. The molecule has 11 heteroatoms. The van der Waals surface area contributed by atoms with E-state index >= 15 is 0 Å². The first-order valence-corrected chi connectivity index (χ1v) is 15.7. The summed E-state index contributed by atoms with van der Waals surface area (Å²) in [7, 11) is 4.38. The minimum atomic E-state index is -1.35. The molecule has 0 saturated carbocycles. The number of aliphatic hydroxyl groups is 2. The summed E-state index contributed by atoms with van der Waals surface area (Å²) >= 11 is 0. The molecule has 45 heavy (non-hydrogen) atoms. The van der Waals surface area contributed by atoms with Gasteiger partial charge in [0.25, 0.3) is 0 Å². The highest BCUT2D eigenvalue weighted by Gasteiger charge is 2.46. The molecular formula is C34H52O11. The minimum absolute atomic E-state index is 0.178. The maximum absolute atomic E-state index is 13.4. The van der Waals surface area contributed by atoms with E-state index in [1.54, 1.807) is 13.2 Å². The van der Waals surface area contributed by atoms with Crippen molar-refractivity contribution < 1.29 is 53.2 Å². The smallest absolute Gasteiger partial charge is 0.309 e. The Kier molecular flexibility index (Phi) is 15.6. The Morgan fingerprint density at radius 1 is 1.00 bits per heavy atom. The van der Waals surface area contributed by atoms with Crippen LogP contribution < -0.4 is 0 Å². The van der Waals surface area contributed by atoms with Crippen molar-refractivity contribution in [2.24, 2.45) is 5.92 Å². The van der Waals surface area contributed by atoms with Crippen LogP contribution >= 0.6 is 0 Å². The second kappa shape index (κ2) is 18.8. The van der Waals surface area contributed by atoms with Gasteiger partial charge in [0.15, 0.2) is 12.6 Å². The SMILES string of the molecule is CC=CCC(C)=C[C@H]1C[C@H]2C=C[C@H](C[C@H](C)C=C(C)[C@@H](OC)CC=C[C@@H](O[C@@H]3O[C@H](OC)[C@@H](O)[C@H](OC)[C@H]3O)CC(=O)O1)OO2. The van der Waals surface area contributed by atoms with Gasteiger partial charge in [-0.25, -0.2) is 9.78 Å². The number of allylic oxidation sites excluding steroid dienone is 4. The molecule has 254 valence electrons. The van der Waals surface area contributed by atoms with Gasteiger partial charge in [0.05, 0.1) is 18.6 Å². The summed E-state index contributed by atoms with van der Waals surface area (Å²) < 4.78 is 34.1. The number of fused-ring (bicyclic) bond motifs is 12. The number of carbonyl (C=O) groups excluding carboxylic acids is 1. The molecule has 0 amide bonds. The second-order valence-corrected chi connectivity index (χ2v) is 11.9. The lowest BCUT2D eigenvalue weighted by Crippen LogP contribution is -2.59. The third kappa shape index (κ3) is 11.5. The first-order valence-electron chi connectivity index (χ1n) is 15.7. The number of aliphatic hydroxyl groups excluding tert-OH is 2. The standard InChI is InChI=1S/C34H52O11/c1-8-9-11-21(2)17-27-19-26-15-14-25(44-45-26)18-22(3)16-23(4)28(38-5)13-10-12-24(20-29(35)41-27)42-34-31(37)32(39-6)30(36)33(40-7)43-34/h8-10,12,14-17,22,24-28,30-34,36-37H,11,13,18-20H2,1-7H3/t22-,24-,25-,26-,27+,28+,30+,31-,32+,33+,34-/m1/s1. The molecule has 1 saturated heterocycles. The fourth-order valence-electron chi connectivity index (χ4n) is 5.68. The molecule has 0 aromatic rings. The molecule has 2 N–H and O–H groups in total. The molecule has 11 atom stereocenters. The molecule has 4 rings (SSSR count). The molecule has 4 aliphatic rings. The van der Waals surface area contributed by atoms with Crippen LogP contribution in [0.1, 0.15) is 59.8 Å². The third-order valence-corrected chi connectivity index (χ3v) is 8.06. The molecule has 0 unspecified atom stereocenters. The molecule has 0 aromatic carbocycles. The van der Waals surface area contributed by atoms with Gasteiger partial charge in [-0.05, 0) is 57.6 Å². The zero-order chi connectivity index (χ0) is 32.9. The van der Waals surface area contributed by atoms with Gasteiger partial charge < -0.3 is 38.6 Å². The lowest BCUT2D eigenvalue weighted by molar-refractivity contribution is -0.352. The van der Waals surface area contributed by atoms with Crippen molar-refractivity contribution >= 4 is 5.97 Å². The maximum Gasteiger partial charge on any atom is 0.309 e. The highest BCUT2D eigenvalue weighted by Crippen LogP contribution is 2.28. The Labute approximate surface area is 267 Å². The van der Waals surface area contributed by atoms with Crippen molar-refractivity contribution in [3.8, 4) is 0 Å². The maximum atomic E-state index is 13.4. The predicted molar refractivity (Wildman–Crippen MR) is 167 cm³/mol. The second-order valence-electron chi connectivity index (χ2n) is 11.9. The average Bonchev–Trinajstić information content (AvgIpc) is 3.00. The molecular weight excluding hydrogens is 584 g/mol. The Morgan fingerprint density at radius 3 is 2.31 bits per heavy atom. The number of ether oxygens (including phenoxy) is 6. The Balaban J connectivity index is 1.91. The van der Waals surface area contributed by atoms with Crippen LogP contribution in [0.4, 0.5) is 0 Å². The lowest BCUT2D eigenvalue weighted by Gasteiger charge is -2.41. The molecule has 2 bridgehead atoms. The Bertz CT molecular complexity index is 1070. The number of hydrogen-bond donors (Lipinski definition) is 2. The Morgan fingerprint density at radius 2 is 1.69 bits per heavy atom. The van der Waals surface area contributed by atoms with Gasteiger partial charge >= 0.3 is 5.97 Å². The van der Waals surface area contributed by atoms with Crippen LogP contribution in [0.15, 0.2) is 59.8 Å². The fourth-order valence-corrected chi connectivity index (χ4v) is 5.68. The number of methoxy groups -OCH3 is 3. The molecule has 0 aromatic heterocycles. The lowest BCUT2D eigenvalue weighted by atomic mass is 9.96. The zero-order valence-electron chi connectivity index (χ0n) is 27.6. The number of rotatable bonds is 8. The first kappa shape index (κ1) is 37.3. The first-order chi connectivity index (χ1) is 21.6. The number of carbonyl (C=O) groups is 1. The number of hydrogen-bond acceptors (Lipinski definition) is 11. The van der Waals surface area contributed by atoms with E-state index in [9.17, 15) is 15.0 Å².